The van der Waals surface area contributed by atoms with Crippen LogP contribution in [0.3, 0.4) is 0 Å². The SMILES string of the molecule is CNC(=O)CN1CCC(CN(C)C(=O)N(C)C(C)C)CC1. The maximum atomic E-state index is 12.2. The molecule has 1 aliphatic rings. The van der Waals surface area contributed by atoms with Crippen LogP contribution in [-0.4, -0.2) is 80.0 Å². The molecule has 0 aliphatic carbocycles. The van der Waals surface area contributed by atoms with Crippen LogP contribution in [0.1, 0.15) is 26.7 Å². The molecule has 1 heterocycles. The maximum Gasteiger partial charge on any atom is 0.319 e. The zero-order valence-electron chi connectivity index (χ0n) is 14.1. The summed E-state index contributed by atoms with van der Waals surface area (Å²) in [5.74, 6) is 0.597. The lowest BCUT2D eigenvalue weighted by Gasteiger charge is -2.35. The summed E-state index contributed by atoms with van der Waals surface area (Å²) >= 11 is 0. The van der Waals surface area contributed by atoms with Crippen LogP contribution >= 0.6 is 0 Å². The highest BCUT2D eigenvalue weighted by Gasteiger charge is 2.24. The van der Waals surface area contributed by atoms with Crippen molar-refractivity contribution in [3.05, 3.63) is 0 Å². The number of carbonyl (C=O) groups excluding carboxylic acids is 2. The van der Waals surface area contributed by atoms with E-state index in [-0.39, 0.29) is 18.0 Å². The van der Waals surface area contributed by atoms with Crippen molar-refractivity contribution in [2.75, 3.05) is 47.3 Å². The monoisotopic (exact) mass is 298 g/mol. The molecule has 0 saturated carbocycles. The fourth-order valence-electron chi connectivity index (χ4n) is 2.56. The number of likely N-dealkylation sites (N-methyl/N-ethyl adjacent to an activating group) is 1. The molecule has 0 bridgehead atoms. The maximum absolute atomic E-state index is 12.2. The van der Waals surface area contributed by atoms with Crippen LogP contribution in [0.15, 0.2) is 0 Å². The van der Waals surface area contributed by atoms with Crippen LogP contribution in [-0.2, 0) is 4.79 Å². The van der Waals surface area contributed by atoms with Gasteiger partial charge in [-0.2, -0.15) is 0 Å². The Morgan fingerprint density at radius 1 is 1.24 bits per heavy atom. The Labute approximate surface area is 128 Å². The molecule has 0 aromatic carbocycles. The van der Waals surface area contributed by atoms with Crippen LogP contribution in [0.5, 0.6) is 0 Å². The van der Waals surface area contributed by atoms with E-state index in [0.29, 0.717) is 12.5 Å². The van der Waals surface area contributed by atoms with Crippen LogP contribution in [0.25, 0.3) is 0 Å². The summed E-state index contributed by atoms with van der Waals surface area (Å²) < 4.78 is 0. The highest BCUT2D eigenvalue weighted by molar-refractivity contribution is 5.77. The minimum absolute atomic E-state index is 0.0688. The summed E-state index contributed by atoms with van der Waals surface area (Å²) in [4.78, 5) is 29.3. The molecule has 0 spiro atoms. The first-order chi connectivity index (χ1) is 9.85. The van der Waals surface area contributed by atoms with Gasteiger partial charge in [0.25, 0.3) is 0 Å². The predicted octanol–water partition coefficient (Wildman–Crippen LogP) is 0.836. The number of nitrogens with zero attached hydrogens (tertiary/aromatic N) is 3. The predicted molar refractivity (Wildman–Crippen MR) is 84.2 cm³/mol. The van der Waals surface area contributed by atoms with E-state index in [4.69, 9.17) is 0 Å². The van der Waals surface area contributed by atoms with Gasteiger partial charge in [0.05, 0.1) is 6.54 Å². The zero-order valence-corrected chi connectivity index (χ0v) is 14.1. The van der Waals surface area contributed by atoms with E-state index in [1.54, 1.807) is 11.9 Å². The number of hydrogen-bond donors (Lipinski definition) is 1. The van der Waals surface area contributed by atoms with E-state index in [1.807, 2.05) is 32.8 Å². The molecular formula is C15H30N4O2. The second-order valence-corrected chi connectivity index (χ2v) is 6.26. The van der Waals surface area contributed by atoms with Gasteiger partial charge in [0.2, 0.25) is 5.91 Å². The van der Waals surface area contributed by atoms with Gasteiger partial charge in [-0.15, -0.1) is 0 Å². The molecule has 0 atom stereocenters. The van der Waals surface area contributed by atoms with Gasteiger partial charge >= 0.3 is 6.03 Å². The summed E-state index contributed by atoms with van der Waals surface area (Å²) in [5, 5.41) is 2.65. The molecule has 1 fully saturated rings. The Bertz CT molecular complexity index is 352. The fourth-order valence-corrected chi connectivity index (χ4v) is 2.56. The van der Waals surface area contributed by atoms with E-state index in [2.05, 4.69) is 10.2 Å². The minimum atomic E-state index is 0.0688. The Morgan fingerprint density at radius 2 is 1.81 bits per heavy atom. The summed E-state index contributed by atoms with van der Waals surface area (Å²) in [5.41, 5.74) is 0. The second-order valence-electron chi connectivity index (χ2n) is 6.26. The van der Waals surface area contributed by atoms with Crippen molar-refractivity contribution in [1.29, 1.82) is 0 Å². The van der Waals surface area contributed by atoms with Crippen molar-refractivity contribution in [2.24, 2.45) is 5.92 Å². The van der Waals surface area contributed by atoms with E-state index in [0.717, 1.165) is 32.5 Å². The number of piperidine rings is 1. The number of hydrogen-bond acceptors (Lipinski definition) is 3. The third kappa shape index (κ3) is 5.53. The number of amides is 3. The molecule has 3 amide bonds. The molecule has 0 unspecified atom stereocenters. The van der Waals surface area contributed by atoms with Gasteiger partial charge in [-0.3, -0.25) is 9.69 Å². The van der Waals surface area contributed by atoms with E-state index >= 15 is 0 Å². The molecule has 21 heavy (non-hydrogen) atoms. The first-order valence-electron chi connectivity index (χ1n) is 7.76. The molecule has 6 heteroatoms. The van der Waals surface area contributed by atoms with E-state index in [1.165, 1.54) is 0 Å². The molecule has 1 aliphatic heterocycles. The zero-order chi connectivity index (χ0) is 16.0. The van der Waals surface area contributed by atoms with Gasteiger partial charge in [-0.25, -0.2) is 4.79 Å². The normalized spacial score (nSPS) is 16.9. The average Bonchev–Trinajstić information content (AvgIpc) is 2.47. The van der Waals surface area contributed by atoms with E-state index < -0.39 is 0 Å². The Balaban J connectivity index is 2.35. The molecule has 0 radical (unpaired) electrons. The van der Waals surface area contributed by atoms with Crippen LogP contribution in [0, 0.1) is 5.92 Å². The molecule has 6 nitrogen and oxygen atoms in total. The molecule has 1 N–H and O–H groups in total. The summed E-state index contributed by atoms with van der Waals surface area (Å²) in [6.45, 7) is 7.17. The number of urea groups is 1. The lowest BCUT2D eigenvalue weighted by atomic mass is 9.96. The van der Waals surface area contributed by atoms with Crippen molar-refractivity contribution < 1.29 is 9.59 Å². The molecule has 0 aromatic rings. The van der Waals surface area contributed by atoms with Crippen LogP contribution < -0.4 is 5.32 Å². The molecule has 1 rings (SSSR count). The Kier molecular flexibility index (Phi) is 6.95. The smallest absolute Gasteiger partial charge is 0.319 e. The molecule has 122 valence electrons. The first kappa shape index (κ1) is 17.8. The number of nitrogens with one attached hydrogen (secondary N) is 1. The van der Waals surface area contributed by atoms with E-state index in [9.17, 15) is 9.59 Å². The van der Waals surface area contributed by atoms with Gasteiger partial charge < -0.3 is 15.1 Å². The third-order valence-corrected chi connectivity index (χ3v) is 4.29. The van der Waals surface area contributed by atoms with Crippen molar-refractivity contribution in [3.8, 4) is 0 Å². The average molecular weight is 298 g/mol. The lowest BCUT2D eigenvalue weighted by molar-refractivity contribution is -0.122. The lowest BCUT2D eigenvalue weighted by Crippen LogP contribution is -2.46. The topological polar surface area (TPSA) is 55.9 Å². The molecular weight excluding hydrogens is 268 g/mol. The number of carbonyl (C=O) groups is 2. The van der Waals surface area contributed by atoms with Crippen molar-refractivity contribution in [3.63, 3.8) is 0 Å². The highest BCUT2D eigenvalue weighted by Crippen LogP contribution is 2.18. The quantitative estimate of drug-likeness (QED) is 0.818. The molecule has 1 saturated heterocycles. The Morgan fingerprint density at radius 3 is 2.29 bits per heavy atom. The van der Waals surface area contributed by atoms with Crippen LogP contribution in [0.4, 0.5) is 4.79 Å². The van der Waals surface area contributed by atoms with Gasteiger partial charge in [0.1, 0.15) is 0 Å². The summed E-state index contributed by atoms with van der Waals surface area (Å²) in [7, 11) is 5.38. The van der Waals surface area contributed by atoms with Crippen molar-refractivity contribution in [1.82, 2.24) is 20.0 Å². The summed E-state index contributed by atoms with van der Waals surface area (Å²) in [6.07, 6.45) is 2.08. The summed E-state index contributed by atoms with van der Waals surface area (Å²) in [6, 6.07) is 0.298. The van der Waals surface area contributed by atoms with Gasteiger partial charge in [-0.1, -0.05) is 0 Å². The largest absolute Gasteiger partial charge is 0.358 e. The van der Waals surface area contributed by atoms with Gasteiger partial charge in [-0.05, 0) is 45.7 Å². The minimum Gasteiger partial charge on any atom is -0.358 e. The standard InChI is InChI=1S/C15H30N4O2/c1-12(2)18(5)15(21)17(4)10-13-6-8-19(9-7-13)11-14(20)16-3/h12-13H,6-11H2,1-5H3,(H,16,20). The fraction of sp³-hybridized carbons (Fsp3) is 0.867. The number of rotatable bonds is 5. The molecule has 0 aromatic heterocycles. The van der Waals surface area contributed by atoms with Crippen molar-refractivity contribution in [2.45, 2.75) is 32.7 Å². The third-order valence-electron chi connectivity index (χ3n) is 4.29. The number of likely N-dealkylation sites (tertiary alicyclic amines) is 1. The van der Waals surface area contributed by atoms with Gasteiger partial charge in [0, 0.05) is 33.7 Å². The Hall–Kier alpha value is -1.30. The highest BCUT2D eigenvalue weighted by atomic mass is 16.2. The van der Waals surface area contributed by atoms with Gasteiger partial charge in [0.15, 0.2) is 0 Å². The van der Waals surface area contributed by atoms with Crippen LogP contribution in [0.2, 0.25) is 0 Å². The first-order valence-corrected chi connectivity index (χ1v) is 7.76. The van der Waals surface area contributed by atoms with Crippen molar-refractivity contribution >= 4 is 11.9 Å². The second kappa shape index (κ2) is 8.22.